The molecule has 1 unspecified atom stereocenters. The lowest BCUT2D eigenvalue weighted by atomic mass is 10.2. The van der Waals surface area contributed by atoms with Gasteiger partial charge in [0.1, 0.15) is 6.04 Å². The number of aryl methyl sites for hydroxylation is 1. The fourth-order valence-corrected chi connectivity index (χ4v) is 3.39. The summed E-state index contributed by atoms with van der Waals surface area (Å²) in [5, 5.41) is 3.22. The number of methoxy groups -OCH3 is 1. The second kappa shape index (κ2) is 8.16. The predicted molar refractivity (Wildman–Crippen MR) is 93.3 cm³/mol. The van der Waals surface area contributed by atoms with E-state index in [4.69, 9.17) is 0 Å². The molecule has 8 heteroatoms. The van der Waals surface area contributed by atoms with E-state index in [9.17, 15) is 9.59 Å². The van der Waals surface area contributed by atoms with Crippen molar-refractivity contribution < 1.29 is 14.3 Å². The fraction of sp³-hybridized carbons (Fsp3) is 0.400. The van der Waals surface area contributed by atoms with E-state index < -0.39 is 5.97 Å². The van der Waals surface area contributed by atoms with E-state index in [0.717, 1.165) is 12.2 Å². The summed E-state index contributed by atoms with van der Waals surface area (Å²) >= 11 is 2.96. The molecule has 1 amide bonds. The topological polar surface area (TPSA) is 73.2 Å². The number of thiazole rings is 1. The van der Waals surface area contributed by atoms with Crippen LogP contribution in [0.3, 0.4) is 0 Å². The van der Waals surface area contributed by atoms with Gasteiger partial charge in [-0.25, -0.2) is 9.78 Å². The highest BCUT2D eigenvalue weighted by molar-refractivity contribution is 7.98. The number of aromatic nitrogens is 2. The predicted octanol–water partition coefficient (Wildman–Crippen LogP) is 2.97. The van der Waals surface area contributed by atoms with Gasteiger partial charge >= 0.3 is 5.97 Å². The van der Waals surface area contributed by atoms with E-state index in [1.54, 1.807) is 18.7 Å². The molecule has 0 saturated heterocycles. The lowest BCUT2D eigenvalue weighted by molar-refractivity contribution is -0.119. The molecule has 0 bridgehead atoms. The van der Waals surface area contributed by atoms with E-state index in [0.29, 0.717) is 10.0 Å². The molecule has 0 aromatic carbocycles. The maximum absolute atomic E-state index is 12.6. The molecule has 0 spiro atoms. The number of hydrogen-bond acceptors (Lipinski definition) is 6. The molecule has 0 aliphatic heterocycles. The van der Waals surface area contributed by atoms with Gasteiger partial charge in [-0.3, -0.25) is 4.79 Å². The molecule has 1 atom stereocenters. The van der Waals surface area contributed by atoms with E-state index in [1.165, 1.54) is 18.4 Å². The van der Waals surface area contributed by atoms with E-state index in [-0.39, 0.29) is 17.6 Å². The van der Waals surface area contributed by atoms with Gasteiger partial charge in [0.15, 0.2) is 10.8 Å². The minimum absolute atomic E-state index is 0.139. The number of ether oxygens (including phenoxy) is 1. The van der Waals surface area contributed by atoms with Crippen molar-refractivity contribution in [2.24, 2.45) is 0 Å². The van der Waals surface area contributed by atoms with Crippen LogP contribution in [-0.2, 0) is 9.53 Å². The molecule has 0 fully saturated rings. The van der Waals surface area contributed by atoms with Gasteiger partial charge < -0.3 is 14.6 Å². The van der Waals surface area contributed by atoms with Gasteiger partial charge in [-0.2, -0.15) is 11.8 Å². The minimum atomic E-state index is -0.497. The molecule has 6 nitrogen and oxygen atoms in total. The van der Waals surface area contributed by atoms with Crippen molar-refractivity contribution in [3.8, 4) is 0 Å². The first-order valence-corrected chi connectivity index (χ1v) is 9.25. The molecule has 0 aliphatic rings. The third kappa shape index (κ3) is 4.35. The van der Waals surface area contributed by atoms with Crippen LogP contribution in [0, 0.1) is 6.92 Å². The largest absolute Gasteiger partial charge is 0.464 e. The van der Waals surface area contributed by atoms with Crippen molar-refractivity contribution in [1.82, 2.24) is 9.55 Å². The maximum Gasteiger partial charge on any atom is 0.357 e. The number of carbonyl (C=O) groups excluding carboxylic acids is 2. The van der Waals surface area contributed by atoms with Crippen molar-refractivity contribution in [2.75, 3.05) is 24.4 Å². The molecule has 2 rings (SSSR count). The molecule has 1 N–H and O–H groups in total. The number of esters is 1. The van der Waals surface area contributed by atoms with Gasteiger partial charge in [0.2, 0.25) is 5.91 Å². The third-order valence-corrected chi connectivity index (χ3v) is 4.82. The first-order chi connectivity index (χ1) is 11.1. The first-order valence-electron chi connectivity index (χ1n) is 7.04. The lowest BCUT2D eigenvalue weighted by Gasteiger charge is -2.17. The maximum atomic E-state index is 12.6. The number of nitrogens with zero attached hydrogens (tertiary/aromatic N) is 2. The van der Waals surface area contributed by atoms with Gasteiger partial charge in [-0.1, -0.05) is 0 Å². The van der Waals surface area contributed by atoms with Gasteiger partial charge in [0, 0.05) is 17.3 Å². The summed E-state index contributed by atoms with van der Waals surface area (Å²) in [6, 6.07) is 3.48. The van der Waals surface area contributed by atoms with Crippen LogP contribution < -0.4 is 5.32 Å². The molecule has 0 saturated carbocycles. The third-order valence-electron chi connectivity index (χ3n) is 3.29. The van der Waals surface area contributed by atoms with Crippen molar-refractivity contribution in [1.29, 1.82) is 0 Å². The highest BCUT2D eigenvalue weighted by Gasteiger charge is 2.22. The Morgan fingerprint density at radius 3 is 2.74 bits per heavy atom. The first kappa shape index (κ1) is 17.6. The summed E-state index contributed by atoms with van der Waals surface area (Å²) in [4.78, 5) is 29.1. The molecule has 2 aromatic rings. The zero-order valence-electron chi connectivity index (χ0n) is 13.2. The number of rotatable bonds is 7. The van der Waals surface area contributed by atoms with Gasteiger partial charge in [-0.05, 0) is 37.5 Å². The minimum Gasteiger partial charge on any atom is -0.464 e. The Kier molecular flexibility index (Phi) is 6.23. The smallest absolute Gasteiger partial charge is 0.357 e. The Bertz CT molecular complexity index is 668. The number of nitrogens with one attached hydrogen (secondary N) is 1. The number of hydrogen-bond donors (Lipinski definition) is 1. The zero-order valence-corrected chi connectivity index (χ0v) is 14.9. The number of amides is 1. The van der Waals surface area contributed by atoms with Crippen molar-refractivity contribution in [2.45, 2.75) is 19.4 Å². The van der Waals surface area contributed by atoms with Gasteiger partial charge in [0.25, 0.3) is 0 Å². The average molecular weight is 353 g/mol. The Morgan fingerprint density at radius 1 is 1.43 bits per heavy atom. The SMILES string of the molecule is COC(=O)c1nc(NC(=O)C(CCSC)n2cccc2)sc1C. The average Bonchev–Trinajstić information content (AvgIpc) is 3.17. The van der Waals surface area contributed by atoms with Gasteiger partial charge in [0.05, 0.1) is 7.11 Å². The standard InChI is InChI=1S/C15H19N3O3S2/c1-10-12(14(20)21-2)16-15(23-10)17-13(19)11(6-9-22-3)18-7-4-5-8-18/h4-5,7-8,11H,6,9H2,1-3H3,(H,16,17,19). The Balaban J connectivity index is 2.14. The number of carbonyl (C=O) groups is 2. The van der Waals surface area contributed by atoms with Crippen LogP contribution in [0.2, 0.25) is 0 Å². The van der Waals surface area contributed by atoms with Crippen LogP contribution in [0.25, 0.3) is 0 Å². The molecule has 2 aromatic heterocycles. The molecule has 124 valence electrons. The summed E-state index contributed by atoms with van der Waals surface area (Å²) in [6.07, 6.45) is 6.47. The van der Waals surface area contributed by atoms with E-state index >= 15 is 0 Å². The van der Waals surface area contributed by atoms with Crippen molar-refractivity contribution in [3.63, 3.8) is 0 Å². The second-order valence-corrected chi connectivity index (χ2v) is 7.02. The fourth-order valence-electron chi connectivity index (χ4n) is 2.13. The lowest BCUT2D eigenvalue weighted by Crippen LogP contribution is -2.26. The second-order valence-electron chi connectivity index (χ2n) is 4.83. The van der Waals surface area contributed by atoms with E-state index in [2.05, 4.69) is 15.0 Å². The Morgan fingerprint density at radius 2 is 2.13 bits per heavy atom. The van der Waals surface area contributed by atoms with Crippen LogP contribution in [0.15, 0.2) is 24.5 Å². The quantitative estimate of drug-likeness (QED) is 0.775. The van der Waals surface area contributed by atoms with E-state index in [1.807, 2.05) is 35.3 Å². The number of anilines is 1. The summed E-state index contributed by atoms with van der Waals surface area (Å²) in [5.74, 6) is 0.240. The number of thioether (sulfide) groups is 1. The molecule has 0 radical (unpaired) electrons. The summed E-state index contributed by atoms with van der Waals surface area (Å²) < 4.78 is 6.56. The Labute approximate surface area is 143 Å². The summed E-state index contributed by atoms with van der Waals surface area (Å²) in [7, 11) is 1.31. The van der Waals surface area contributed by atoms with Crippen molar-refractivity contribution >= 4 is 40.1 Å². The van der Waals surface area contributed by atoms with Crippen LogP contribution in [0.1, 0.15) is 27.8 Å². The van der Waals surface area contributed by atoms with Crippen LogP contribution >= 0.6 is 23.1 Å². The van der Waals surface area contributed by atoms with Crippen LogP contribution in [0.5, 0.6) is 0 Å². The van der Waals surface area contributed by atoms with Gasteiger partial charge in [-0.15, -0.1) is 11.3 Å². The van der Waals surface area contributed by atoms with Crippen LogP contribution in [0.4, 0.5) is 5.13 Å². The van der Waals surface area contributed by atoms with Crippen molar-refractivity contribution in [3.05, 3.63) is 35.1 Å². The van der Waals surface area contributed by atoms with Crippen LogP contribution in [-0.4, -0.2) is 40.5 Å². The Hall–Kier alpha value is -1.80. The molecule has 0 aliphatic carbocycles. The molecule has 23 heavy (non-hydrogen) atoms. The molecular weight excluding hydrogens is 334 g/mol. The zero-order chi connectivity index (χ0) is 16.8. The monoisotopic (exact) mass is 353 g/mol. The highest BCUT2D eigenvalue weighted by atomic mass is 32.2. The summed E-state index contributed by atoms with van der Waals surface area (Å²) in [6.45, 7) is 1.77. The molecular formula is C15H19N3O3S2. The highest BCUT2D eigenvalue weighted by Crippen LogP contribution is 2.24. The molecule has 2 heterocycles. The normalized spacial score (nSPS) is 12.0. The summed E-state index contributed by atoms with van der Waals surface area (Å²) in [5.41, 5.74) is 0.245.